The molecule has 33 heavy (non-hydrogen) atoms. The minimum atomic E-state index is -0.527. The number of carbonyl (C=O) groups is 2. The van der Waals surface area contributed by atoms with Gasteiger partial charge in [-0.3, -0.25) is 4.79 Å². The summed E-state index contributed by atoms with van der Waals surface area (Å²) in [7, 11) is 0. The molecule has 0 aromatic heterocycles. The Labute approximate surface area is 196 Å². The van der Waals surface area contributed by atoms with Crippen LogP contribution < -0.4 is 10.1 Å². The Balaban J connectivity index is 1.57. The maximum atomic E-state index is 13.0. The molecule has 2 amide bonds. The summed E-state index contributed by atoms with van der Waals surface area (Å²) in [5.41, 5.74) is 2.34. The van der Waals surface area contributed by atoms with Gasteiger partial charge in [-0.05, 0) is 56.9 Å². The molecule has 2 aromatic rings. The summed E-state index contributed by atoms with van der Waals surface area (Å²) in [4.78, 5) is 26.9. The average Bonchev–Trinajstić information content (AvgIpc) is 2.78. The number of ether oxygens (including phenoxy) is 2. The van der Waals surface area contributed by atoms with Crippen molar-refractivity contribution in [3.8, 4) is 5.75 Å². The SMILES string of the molecule is C=Cc1ccc(OCc2ccccc2)c(CC(=O)N2CCC(NC(=O)OC(C)(C)C)CC2)c1. The summed E-state index contributed by atoms with van der Waals surface area (Å²) in [5, 5.41) is 2.91. The second kappa shape index (κ2) is 11.0. The molecule has 0 atom stereocenters. The van der Waals surface area contributed by atoms with Crippen molar-refractivity contribution in [1.82, 2.24) is 10.2 Å². The molecule has 6 nitrogen and oxygen atoms in total. The second-order valence-corrected chi connectivity index (χ2v) is 9.32. The number of likely N-dealkylation sites (tertiary alicyclic amines) is 1. The fourth-order valence-electron chi connectivity index (χ4n) is 3.76. The Morgan fingerprint density at radius 1 is 1.12 bits per heavy atom. The molecule has 1 saturated heterocycles. The maximum Gasteiger partial charge on any atom is 0.407 e. The highest BCUT2D eigenvalue weighted by Crippen LogP contribution is 2.24. The summed E-state index contributed by atoms with van der Waals surface area (Å²) in [6, 6.07) is 15.8. The van der Waals surface area contributed by atoms with E-state index < -0.39 is 11.7 Å². The molecule has 3 rings (SSSR count). The van der Waals surface area contributed by atoms with Gasteiger partial charge in [-0.25, -0.2) is 4.79 Å². The minimum absolute atomic E-state index is 0.0118. The molecule has 1 heterocycles. The molecule has 176 valence electrons. The zero-order valence-corrected chi connectivity index (χ0v) is 19.8. The Morgan fingerprint density at radius 3 is 2.45 bits per heavy atom. The van der Waals surface area contributed by atoms with Crippen molar-refractivity contribution >= 4 is 18.1 Å². The first-order valence-corrected chi connectivity index (χ1v) is 11.4. The molecular weight excluding hydrogens is 416 g/mol. The van der Waals surface area contributed by atoms with Gasteiger partial charge >= 0.3 is 6.09 Å². The van der Waals surface area contributed by atoms with Crippen molar-refractivity contribution in [1.29, 1.82) is 0 Å². The number of hydrogen-bond donors (Lipinski definition) is 1. The van der Waals surface area contributed by atoms with Gasteiger partial charge in [0.25, 0.3) is 0 Å². The number of benzene rings is 2. The Hall–Kier alpha value is -3.28. The topological polar surface area (TPSA) is 67.9 Å². The van der Waals surface area contributed by atoms with E-state index in [2.05, 4.69) is 11.9 Å². The molecule has 0 aliphatic carbocycles. The van der Waals surface area contributed by atoms with Crippen LogP contribution in [0.1, 0.15) is 50.3 Å². The number of nitrogens with one attached hydrogen (secondary N) is 1. The van der Waals surface area contributed by atoms with Crippen LogP contribution in [-0.2, 0) is 22.6 Å². The number of amides is 2. The van der Waals surface area contributed by atoms with Gasteiger partial charge in [0, 0.05) is 24.7 Å². The number of rotatable bonds is 7. The molecule has 0 saturated carbocycles. The van der Waals surface area contributed by atoms with Crippen molar-refractivity contribution in [3.63, 3.8) is 0 Å². The van der Waals surface area contributed by atoms with Crippen LogP contribution in [0.3, 0.4) is 0 Å². The molecule has 1 aliphatic rings. The van der Waals surface area contributed by atoms with Crippen LogP contribution in [0.2, 0.25) is 0 Å². The van der Waals surface area contributed by atoms with Gasteiger partial charge in [-0.15, -0.1) is 0 Å². The van der Waals surface area contributed by atoms with Crippen molar-refractivity contribution in [2.24, 2.45) is 0 Å². The smallest absolute Gasteiger partial charge is 0.407 e. The number of alkyl carbamates (subject to hydrolysis) is 1. The molecule has 0 spiro atoms. The first-order chi connectivity index (χ1) is 15.7. The van der Waals surface area contributed by atoms with E-state index in [1.54, 1.807) is 6.08 Å². The van der Waals surface area contributed by atoms with Crippen molar-refractivity contribution in [3.05, 3.63) is 71.8 Å². The standard InChI is InChI=1S/C27H34N2O4/c1-5-20-11-12-24(32-19-21-9-7-6-8-10-21)22(17-20)18-25(30)29-15-13-23(14-16-29)28-26(31)33-27(2,3)4/h5-12,17,23H,1,13-16,18-19H2,2-4H3,(H,28,31). The highest BCUT2D eigenvalue weighted by atomic mass is 16.6. The van der Waals surface area contributed by atoms with Gasteiger partial charge in [-0.1, -0.05) is 49.1 Å². The molecular formula is C27H34N2O4. The first-order valence-electron chi connectivity index (χ1n) is 11.4. The zero-order chi connectivity index (χ0) is 23.8. The Kier molecular flexibility index (Phi) is 8.15. The van der Waals surface area contributed by atoms with E-state index in [0.29, 0.717) is 38.3 Å². The van der Waals surface area contributed by atoms with Crippen LogP contribution in [-0.4, -0.2) is 41.6 Å². The molecule has 2 aromatic carbocycles. The van der Waals surface area contributed by atoms with Gasteiger partial charge in [0.2, 0.25) is 5.91 Å². The van der Waals surface area contributed by atoms with Gasteiger partial charge < -0.3 is 19.7 Å². The van der Waals surface area contributed by atoms with E-state index in [9.17, 15) is 9.59 Å². The summed E-state index contributed by atoms with van der Waals surface area (Å²) in [5.74, 6) is 0.760. The number of piperidine rings is 1. The van der Waals surface area contributed by atoms with Crippen molar-refractivity contribution < 1.29 is 19.1 Å². The van der Waals surface area contributed by atoms with Crippen LogP contribution in [0.5, 0.6) is 5.75 Å². The fraction of sp³-hybridized carbons (Fsp3) is 0.407. The van der Waals surface area contributed by atoms with E-state index in [1.165, 1.54) is 0 Å². The van der Waals surface area contributed by atoms with Crippen LogP contribution in [0.25, 0.3) is 6.08 Å². The normalized spacial score (nSPS) is 14.5. The number of carbonyl (C=O) groups excluding carboxylic acids is 2. The molecule has 0 unspecified atom stereocenters. The molecule has 1 N–H and O–H groups in total. The third-order valence-electron chi connectivity index (χ3n) is 5.47. The molecule has 1 fully saturated rings. The summed E-state index contributed by atoms with van der Waals surface area (Å²) in [6.07, 6.45) is 3.02. The van der Waals surface area contributed by atoms with Crippen LogP contribution in [0.4, 0.5) is 4.79 Å². The molecule has 0 radical (unpaired) electrons. The second-order valence-electron chi connectivity index (χ2n) is 9.32. The highest BCUT2D eigenvalue weighted by molar-refractivity contribution is 5.80. The van der Waals surface area contributed by atoms with E-state index in [-0.39, 0.29) is 18.4 Å². The van der Waals surface area contributed by atoms with Gasteiger partial charge in [-0.2, -0.15) is 0 Å². The van der Waals surface area contributed by atoms with Gasteiger partial charge in [0.1, 0.15) is 18.0 Å². The molecule has 1 aliphatic heterocycles. The maximum absolute atomic E-state index is 13.0. The highest BCUT2D eigenvalue weighted by Gasteiger charge is 2.26. The lowest BCUT2D eigenvalue weighted by Crippen LogP contribution is -2.48. The Bertz CT molecular complexity index is 958. The third kappa shape index (κ3) is 7.67. The molecule has 6 heteroatoms. The van der Waals surface area contributed by atoms with Crippen LogP contribution >= 0.6 is 0 Å². The molecule has 0 bridgehead atoms. The van der Waals surface area contributed by atoms with Crippen molar-refractivity contribution in [2.45, 2.75) is 58.3 Å². The number of hydrogen-bond acceptors (Lipinski definition) is 4. The van der Waals surface area contributed by atoms with Gasteiger partial charge in [0.05, 0.1) is 6.42 Å². The van der Waals surface area contributed by atoms with Crippen LogP contribution in [0.15, 0.2) is 55.1 Å². The number of nitrogens with zero attached hydrogens (tertiary/aromatic N) is 1. The zero-order valence-electron chi connectivity index (χ0n) is 19.8. The van der Waals surface area contributed by atoms with Crippen molar-refractivity contribution in [2.75, 3.05) is 13.1 Å². The van der Waals surface area contributed by atoms with E-state index >= 15 is 0 Å². The quantitative estimate of drug-likeness (QED) is 0.647. The average molecular weight is 451 g/mol. The van der Waals surface area contributed by atoms with E-state index in [4.69, 9.17) is 9.47 Å². The van der Waals surface area contributed by atoms with Gasteiger partial charge in [0.15, 0.2) is 0 Å². The predicted molar refractivity (Wildman–Crippen MR) is 130 cm³/mol. The Morgan fingerprint density at radius 2 is 1.82 bits per heavy atom. The lowest BCUT2D eigenvalue weighted by molar-refractivity contribution is -0.131. The third-order valence-corrected chi connectivity index (χ3v) is 5.47. The predicted octanol–water partition coefficient (Wildman–Crippen LogP) is 4.97. The monoisotopic (exact) mass is 450 g/mol. The lowest BCUT2D eigenvalue weighted by Gasteiger charge is -2.33. The van der Waals surface area contributed by atoms with E-state index in [0.717, 1.165) is 16.7 Å². The summed E-state index contributed by atoms with van der Waals surface area (Å²) in [6.45, 7) is 11.0. The lowest BCUT2D eigenvalue weighted by atomic mass is 10.0. The largest absolute Gasteiger partial charge is 0.489 e. The van der Waals surface area contributed by atoms with Crippen LogP contribution in [0, 0.1) is 0 Å². The van der Waals surface area contributed by atoms with E-state index in [1.807, 2.05) is 74.2 Å². The fourth-order valence-corrected chi connectivity index (χ4v) is 3.76. The summed E-state index contributed by atoms with van der Waals surface area (Å²) < 4.78 is 11.4. The summed E-state index contributed by atoms with van der Waals surface area (Å²) >= 11 is 0. The first kappa shape index (κ1) is 24.4. The minimum Gasteiger partial charge on any atom is -0.489 e.